The molecule has 6 heteroatoms. The van der Waals surface area contributed by atoms with Gasteiger partial charge in [-0.15, -0.1) is 12.4 Å². The molecule has 2 N–H and O–H groups in total. The van der Waals surface area contributed by atoms with E-state index in [4.69, 9.17) is 5.73 Å². The number of piperidine rings is 1. The first-order chi connectivity index (χ1) is 9.96. The molecule has 0 spiro atoms. The van der Waals surface area contributed by atoms with E-state index in [-0.39, 0.29) is 18.4 Å². The summed E-state index contributed by atoms with van der Waals surface area (Å²) < 4.78 is 27.3. The third kappa shape index (κ3) is 4.22. The predicted molar refractivity (Wildman–Crippen MR) is 93.0 cm³/mol. The van der Waals surface area contributed by atoms with Gasteiger partial charge < -0.3 is 5.73 Å². The van der Waals surface area contributed by atoms with Crippen molar-refractivity contribution in [3.8, 4) is 0 Å². The van der Waals surface area contributed by atoms with E-state index in [0.29, 0.717) is 23.9 Å². The molecule has 0 aromatic heterocycles. The Bertz CT molecular complexity index is 556. The van der Waals surface area contributed by atoms with Crippen molar-refractivity contribution in [2.45, 2.75) is 56.4 Å². The van der Waals surface area contributed by atoms with Gasteiger partial charge in [-0.3, -0.25) is 0 Å². The van der Waals surface area contributed by atoms with Gasteiger partial charge in [-0.25, -0.2) is 8.42 Å². The largest absolute Gasteiger partial charge is 0.330 e. The molecule has 0 bridgehead atoms. The Morgan fingerprint density at radius 3 is 2.41 bits per heavy atom. The van der Waals surface area contributed by atoms with Crippen LogP contribution in [0.2, 0.25) is 0 Å². The molecule has 1 heterocycles. The third-order valence-corrected chi connectivity index (χ3v) is 6.19. The fourth-order valence-corrected chi connectivity index (χ4v) is 4.65. The van der Waals surface area contributed by atoms with Crippen molar-refractivity contribution in [1.29, 1.82) is 0 Å². The summed E-state index contributed by atoms with van der Waals surface area (Å²) in [4.78, 5) is 0.399. The minimum Gasteiger partial charge on any atom is -0.330 e. The van der Waals surface area contributed by atoms with E-state index in [9.17, 15) is 8.42 Å². The zero-order valence-corrected chi connectivity index (χ0v) is 15.0. The van der Waals surface area contributed by atoms with Crippen LogP contribution in [0.4, 0.5) is 0 Å². The van der Waals surface area contributed by atoms with Crippen LogP contribution in [0.1, 0.15) is 51.0 Å². The van der Waals surface area contributed by atoms with Gasteiger partial charge >= 0.3 is 0 Å². The molecule has 1 aromatic rings. The number of nitrogens with zero attached hydrogens (tertiary/aromatic N) is 1. The molecule has 1 aliphatic rings. The van der Waals surface area contributed by atoms with E-state index in [2.05, 4.69) is 13.8 Å². The molecule has 1 aliphatic heterocycles. The second-order valence-electron chi connectivity index (χ2n) is 6.07. The van der Waals surface area contributed by atoms with Crippen LogP contribution in [-0.4, -0.2) is 31.9 Å². The molecule has 126 valence electrons. The van der Waals surface area contributed by atoms with Crippen LogP contribution >= 0.6 is 12.4 Å². The lowest BCUT2D eigenvalue weighted by Gasteiger charge is -2.34. The summed E-state index contributed by atoms with van der Waals surface area (Å²) in [6.07, 6.45) is 3.68. The van der Waals surface area contributed by atoms with Crippen LogP contribution < -0.4 is 5.73 Å². The highest BCUT2D eigenvalue weighted by molar-refractivity contribution is 7.89. The predicted octanol–water partition coefficient (Wildman–Crippen LogP) is 3.12. The van der Waals surface area contributed by atoms with E-state index in [1.165, 1.54) is 0 Å². The lowest BCUT2D eigenvalue weighted by atomic mass is 10.0. The molecule has 22 heavy (non-hydrogen) atoms. The summed E-state index contributed by atoms with van der Waals surface area (Å²) >= 11 is 0. The van der Waals surface area contributed by atoms with Crippen molar-refractivity contribution in [3.05, 3.63) is 29.8 Å². The van der Waals surface area contributed by atoms with Gasteiger partial charge in [0.2, 0.25) is 10.0 Å². The summed E-state index contributed by atoms with van der Waals surface area (Å²) in [6, 6.07) is 7.36. The lowest BCUT2D eigenvalue weighted by Crippen LogP contribution is -2.44. The normalized spacial score (nSPS) is 19.9. The summed E-state index contributed by atoms with van der Waals surface area (Å²) in [6.45, 7) is 5.35. The first kappa shape index (κ1) is 19.4. The molecule has 0 aliphatic carbocycles. The molecule has 0 radical (unpaired) electrons. The molecule has 4 nitrogen and oxygen atoms in total. The quantitative estimate of drug-likeness (QED) is 0.890. The van der Waals surface area contributed by atoms with E-state index >= 15 is 0 Å². The van der Waals surface area contributed by atoms with Crippen LogP contribution in [0.15, 0.2) is 29.2 Å². The van der Waals surface area contributed by atoms with Crippen molar-refractivity contribution < 1.29 is 8.42 Å². The van der Waals surface area contributed by atoms with Crippen LogP contribution in [0.3, 0.4) is 0 Å². The Morgan fingerprint density at radius 2 is 1.86 bits per heavy atom. The summed E-state index contributed by atoms with van der Waals surface area (Å²) in [5.74, 6) is 0.404. The number of benzene rings is 1. The Morgan fingerprint density at radius 1 is 1.23 bits per heavy atom. The molecule has 1 unspecified atom stereocenters. The van der Waals surface area contributed by atoms with Gasteiger partial charge in [0.05, 0.1) is 4.90 Å². The highest BCUT2D eigenvalue weighted by atomic mass is 35.5. The van der Waals surface area contributed by atoms with Gasteiger partial charge in [-0.05, 0) is 49.4 Å². The maximum absolute atomic E-state index is 12.8. The van der Waals surface area contributed by atoms with Gasteiger partial charge in [0.25, 0.3) is 0 Å². The maximum atomic E-state index is 12.8. The zero-order valence-electron chi connectivity index (χ0n) is 13.4. The lowest BCUT2D eigenvalue weighted by molar-refractivity contribution is 0.243. The van der Waals surface area contributed by atoms with Crippen molar-refractivity contribution >= 4 is 22.4 Å². The number of halogens is 1. The average molecular weight is 347 g/mol. The average Bonchev–Trinajstić information content (AvgIpc) is 2.48. The van der Waals surface area contributed by atoms with E-state index in [1.54, 1.807) is 16.4 Å². The highest BCUT2D eigenvalue weighted by Gasteiger charge is 2.32. The Kier molecular flexibility index (Phi) is 7.32. The fourth-order valence-electron chi connectivity index (χ4n) is 2.93. The first-order valence-corrected chi connectivity index (χ1v) is 9.22. The SMILES string of the molecule is CC(C)c1ccc(S(=O)(=O)N2CCCCC2CCN)cc1.Cl. The molecule has 0 amide bonds. The Labute approximate surface area is 140 Å². The van der Waals surface area contributed by atoms with Crippen molar-refractivity contribution in [1.82, 2.24) is 4.31 Å². The standard InChI is InChI=1S/C16H26N2O2S.ClH/c1-13(2)14-6-8-16(9-7-14)21(19,20)18-12-4-3-5-15(18)10-11-17;/h6-9,13,15H,3-5,10-12,17H2,1-2H3;1H. The molecular weight excluding hydrogens is 320 g/mol. The highest BCUT2D eigenvalue weighted by Crippen LogP contribution is 2.27. The molecule has 1 aromatic carbocycles. The van der Waals surface area contributed by atoms with Gasteiger partial charge in [0.1, 0.15) is 0 Å². The fraction of sp³-hybridized carbons (Fsp3) is 0.625. The van der Waals surface area contributed by atoms with Crippen LogP contribution in [0.25, 0.3) is 0 Å². The van der Waals surface area contributed by atoms with Crippen molar-refractivity contribution in [3.63, 3.8) is 0 Å². The Hall–Kier alpha value is -0.620. The summed E-state index contributed by atoms with van der Waals surface area (Å²) in [5, 5.41) is 0. The van der Waals surface area contributed by atoms with Gasteiger partial charge in [-0.1, -0.05) is 32.4 Å². The van der Waals surface area contributed by atoms with Gasteiger partial charge in [0.15, 0.2) is 0 Å². The monoisotopic (exact) mass is 346 g/mol. The van der Waals surface area contributed by atoms with Crippen LogP contribution in [0, 0.1) is 0 Å². The minimum absolute atomic E-state index is 0. The van der Waals surface area contributed by atoms with Crippen molar-refractivity contribution in [2.24, 2.45) is 5.73 Å². The smallest absolute Gasteiger partial charge is 0.243 e. The van der Waals surface area contributed by atoms with Gasteiger partial charge in [0, 0.05) is 12.6 Å². The second-order valence-corrected chi connectivity index (χ2v) is 7.96. The second kappa shape index (κ2) is 8.29. The molecular formula is C16H27ClN2O2S. The maximum Gasteiger partial charge on any atom is 0.243 e. The van der Waals surface area contributed by atoms with E-state index in [0.717, 1.165) is 31.2 Å². The topological polar surface area (TPSA) is 63.4 Å². The van der Waals surface area contributed by atoms with Crippen LogP contribution in [0.5, 0.6) is 0 Å². The number of hydrogen-bond acceptors (Lipinski definition) is 3. The first-order valence-electron chi connectivity index (χ1n) is 7.78. The summed E-state index contributed by atoms with van der Waals surface area (Å²) in [7, 11) is -3.40. The summed E-state index contributed by atoms with van der Waals surface area (Å²) in [5.41, 5.74) is 6.79. The zero-order chi connectivity index (χ0) is 15.5. The van der Waals surface area contributed by atoms with E-state index < -0.39 is 10.0 Å². The molecule has 1 fully saturated rings. The van der Waals surface area contributed by atoms with Crippen LogP contribution in [-0.2, 0) is 10.0 Å². The number of sulfonamides is 1. The number of rotatable bonds is 5. The Balaban J connectivity index is 0.00000242. The van der Waals surface area contributed by atoms with E-state index in [1.807, 2.05) is 12.1 Å². The van der Waals surface area contributed by atoms with Gasteiger partial charge in [-0.2, -0.15) is 4.31 Å². The number of hydrogen-bond donors (Lipinski definition) is 1. The molecule has 1 saturated heterocycles. The minimum atomic E-state index is -3.40. The third-order valence-electron chi connectivity index (χ3n) is 4.23. The molecule has 0 saturated carbocycles. The molecule has 1 atom stereocenters. The van der Waals surface area contributed by atoms with Crippen molar-refractivity contribution in [2.75, 3.05) is 13.1 Å². The molecule has 2 rings (SSSR count). The number of nitrogens with two attached hydrogens (primary N) is 1.